The van der Waals surface area contributed by atoms with Crippen molar-refractivity contribution in [2.75, 3.05) is 5.75 Å². The number of hydrogen-bond acceptors (Lipinski definition) is 7. The molecule has 0 aliphatic carbocycles. The highest BCUT2D eigenvalue weighted by Crippen LogP contribution is 2.27. The Kier molecular flexibility index (Phi) is 6.60. The van der Waals surface area contributed by atoms with Crippen molar-refractivity contribution in [2.45, 2.75) is 18.3 Å². The smallest absolute Gasteiger partial charge is 0.316 e. The third kappa shape index (κ3) is 5.13. The molecule has 0 bridgehead atoms. The predicted molar refractivity (Wildman–Crippen MR) is 131 cm³/mol. The average molecular weight is 491 g/mol. The molecule has 0 saturated heterocycles. The molecular weight excluding hydrogens is 472 g/mol. The van der Waals surface area contributed by atoms with E-state index >= 15 is 0 Å². The van der Waals surface area contributed by atoms with E-state index in [2.05, 4.69) is 31.9 Å². The zero-order valence-corrected chi connectivity index (χ0v) is 19.5. The molecule has 2 heterocycles. The van der Waals surface area contributed by atoms with E-state index in [4.69, 9.17) is 20.8 Å². The summed E-state index contributed by atoms with van der Waals surface area (Å²) in [6.07, 6.45) is 0. The van der Waals surface area contributed by atoms with E-state index in [-0.39, 0.29) is 18.3 Å². The first kappa shape index (κ1) is 22.2. The quantitative estimate of drug-likeness (QED) is 0.206. The van der Waals surface area contributed by atoms with Crippen molar-refractivity contribution in [1.82, 2.24) is 19.7 Å². The van der Waals surface area contributed by atoms with Crippen LogP contribution in [0, 0.1) is 0 Å². The van der Waals surface area contributed by atoms with Gasteiger partial charge in [-0.1, -0.05) is 71.9 Å². The standard InChI is InChI=1S/C25H19ClN4O3S/c26-19-11-12-21-20(13-19)27-25(30(21)14-17-7-3-1-4-8-17)34-16-23(31)32-15-22-28-29-24(33-22)18-9-5-2-6-10-18/h1-13H,14-16H2. The van der Waals surface area contributed by atoms with E-state index < -0.39 is 5.97 Å². The van der Waals surface area contributed by atoms with Crippen LogP contribution in [0.25, 0.3) is 22.5 Å². The van der Waals surface area contributed by atoms with Gasteiger partial charge in [-0.15, -0.1) is 10.2 Å². The van der Waals surface area contributed by atoms with Gasteiger partial charge in [0.05, 0.1) is 23.3 Å². The number of benzene rings is 3. The summed E-state index contributed by atoms with van der Waals surface area (Å²) in [6, 6.07) is 25.1. The molecule has 7 nitrogen and oxygen atoms in total. The Labute approximate surface area is 204 Å². The highest BCUT2D eigenvalue weighted by Gasteiger charge is 2.16. The Morgan fingerprint density at radius 2 is 1.76 bits per heavy atom. The normalized spacial score (nSPS) is 11.1. The fourth-order valence-electron chi connectivity index (χ4n) is 3.43. The SMILES string of the molecule is O=C(CSc1nc2cc(Cl)ccc2n1Cc1ccccc1)OCc1nnc(-c2ccccc2)o1. The number of carbonyl (C=O) groups is 1. The lowest BCUT2D eigenvalue weighted by molar-refractivity contribution is -0.142. The van der Waals surface area contributed by atoms with Crippen molar-refractivity contribution < 1.29 is 13.9 Å². The molecule has 0 radical (unpaired) electrons. The van der Waals surface area contributed by atoms with E-state index in [9.17, 15) is 4.79 Å². The second-order valence-corrected chi connectivity index (χ2v) is 8.79. The minimum atomic E-state index is -0.402. The van der Waals surface area contributed by atoms with Crippen molar-refractivity contribution in [3.63, 3.8) is 0 Å². The number of halogens is 1. The number of ether oxygens (including phenoxy) is 1. The molecule has 2 aromatic heterocycles. The summed E-state index contributed by atoms with van der Waals surface area (Å²) in [6.45, 7) is 0.538. The summed E-state index contributed by atoms with van der Waals surface area (Å²) in [5, 5.41) is 9.28. The summed E-state index contributed by atoms with van der Waals surface area (Å²) < 4.78 is 13.0. The number of esters is 1. The molecule has 5 rings (SSSR count). The Bertz CT molecular complexity index is 1420. The van der Waals surface area contributed by atoms with Crippen molar-refractivity contribution in [3.8, 4) is 11.5 Å². The molecule has 9 heteroatoms. The summed E-state index contributed by atoms with van der Waals surface area (Å²) in [5.41, 5.74) is 3.66. The number of thioether (sulfide) groups is 1. The molecule has 0 N–H and O–H groups in total. The Balaban J connectivity index is 1.25. The first-order chi connectivity index (χ1) is 16.7. The molecule has 5 aromatic rings. The van der Waals surface area contributed by atoms with Crippen LogP contribution in [0.5, 0.6) is 0 Å². The maximum atomic E-state index is 12.4. The van der Waals surface area contributed by atoms with E-state index in [0.29, 0.717) is 22.6 Å². The summed E-state index contributed by atoms with van der Waals surface area (Å²) in [7, 11) is 0. The molecular formula is C25H19ClN4O3S. The number of imidazole rings is 1. The van der Waals surface area contributed by atoms with Gasteiger partial charge in [-0.3, -0.25) is 4.79 Å². The minimum Gasteiger partial charge on any atom is -0.455 e. The first-order valence-electron chi connectivity index (χ1n) is 10.5. The minimum absolute atomic E-state index is 0.0880. The molecule has 0 unspecified atom stereocenters. The lowest BCUT2D eigenvalue weighted by Gasteiger charge is -2.09. The number of aromatic nitrogens is 4. The largest absolute Gasteiger partial charge is 0.455 e. The van der Waals surface area contributed by atoms with Crippen molar-refractivity contribution in [2.24, 2.45) is 0 Å². The Hall–Kier alpha value is -3.62. The summed E-state index contributed by atoms with van der Waals surface area (Å²) >= 11 is 7.47. The van der Waals surface area contributed by atoms with Gasteiger partial charge in [-0.25, -0.2) is 4.98 Å². The van der Waals surface area contributed by atoms with Crippen molar-refractivity contribution >= 4 is 40.4 Å². The summed E-state index contributed by atoms with van der Waals surface area (Å²) in [5.74, 6) is 0.309. The fourth-order valence-corrected chi connectivity index (χ4v) is 4.40. The molecule has 0 aliphatic heterocycles. The first-order valence-corrected chi connectivity index (χ1v) is 11.9. The van der Waals surface area contributed by atoms with E-state index in [1.165, 1.54) is 11.8 Å². The van der Waals surface area contributed by atoms with Crippen LogP contribution in [0.3, 0.4) is 0 Å². The molecule has 0 amide bonds. The molecule has 170 valence electrons. The third-order valence-corrected chi connectivity index (χ3v) is 6.21. The van der Waals surface area contributed by atoms with Crippen molar-refractivity contribution in [3.05, 3.63) is 95.3 Å². The second-order valence-electron chi connectivity index (χ2n) is 7.42. The van der Waals surface area contributed by atoms with Gasteiger partial charge in [0, 0.05) is 10.6 Å². The number of fused-ring (bicyclic) bond motifs is 1. The van der Waals surface area contributed by atoms with E-state index in [0.717, 1.165) is 22.2 Å². The van der Waals surface area contributed by atoms with Crippen LogP contribution in [0.2, 0.25) is 5.02 Å². The van der Waals surface area contributed by atoms with Crippen LogP contribution in [-0.4, -0.2) is 31.5 Å². The number of carbonyl (C=O) groups excluding carboxylic acids is 1. The van der Waals surface area contributed by atoms with Gasteiger partial charge in [0.25, 0.3) is 5.89 Å². The highest BCUT2D eigenvalue weighted by molar-refractivity contribution is 7.99. The molecule has 0 spiro atoms. The Morgan fingerprint density at radius 1 is 1.00 bits per heavy atom. The van der Waals surface area contributed by atoms with Gasteiger partial charge in [0.1, 0.15) is 0 Å². The molecule has 34 heavy (non-hydrogen) atoms. The molecule has 3 aromatic carbocycles. The molecule has 0 fully saturated rings. The van der Waals surface area contributed by atoms with Crippen LogP contribution in [-0.2, 0) is 22.7 Å². The van der Waals surface area contributed by atoms with Gasteiger partial charge in [0.2, 0.25) is 5.89 Å². The van der Waals surface area contributed by atoms with Crippen LogP contribution in [0.4, 0.5) is 0 Å². The fraction of sp³-hybridized carbons (Fsp3) is 0.120. The second kappa shape index (κ2) is 10.1. The number of hydrogen-bond donors (Lipinski definition) is 0. The maximum Gasteiger partial charge on any atom is 0.316 e. The van der Waals surface area contributed by atoms with Gasteiger partial charge < -0.3 is 13.7 Å². The van der Waals surface area contributed by atoms with Gasteiger partial charge in [-0.05, 0) is 35.9 Å². The van der Waals surface area contributed by atoms with E-state index in [1.807, 2.05) is 66.7 Å². The van der Waals surface area contributed by atoms with Gasteiger partial charge in [0.15, 0.2) is 11.8 Å². The van der Waals surface area contributed by atoms with Gasteiger partial charge >= 0.3 is 5.97 Å². The summed E-state index contributed by atoms with van der Waals surface area (Å²) in [4.78, 5) is 17.1. The lowest BCUT2D eigenvalue weighted by Crippen LogP contribution is -2.09. The molecule has 0 atom stereocenters. The van der Waals surface area contributed by atoms with Crippen LogP contribution in [0.15, 0.2) is 88.4 Å². The Morgan fingerprint density at radius 3 is 2.56 bits per heavy atom. The van der Waals surface area contributed by atoms with Crippen LogP contribution in [0.1, 0.15) is 11.5 Å². The lowest BCUT2D eigenvalue weighted by atomic mass is 10.2. The number of nitrogens with zero attached hydrogens (tertiary/aromatic N) is 4. The maximum absolute atomic E-state index is 12.4. The topological polar surface area (TPSA) is 83.0 Å². The molecule has 0 saturated carbocycles. The van der Waals surface area contributed by atoms with Crippen LogP contribution >= 0.6 is 23.4 Å². The number of rotatable bonds is 8. The third-order valence-electron chi connectivity index (χ3n) is 5.02. The monoisotopic (exact) mass is 490 g/mol. The van der Waals surface area contributed by atoms with Crippen LogP contribution < -0.4 is 0 Å². The average Bonchev–Trinajstić information content (AvgIpc) is 3.47. The zero-order chi connectivity index (χ0) is 23.3. The van der Waals surface area contributed by atoms with Crippen molar-refractivity contribution in [1.29, 1.82) is 0 Å². The zero-order valence-electron chi connectivity index (χ0n) is 17.9. The highest BCUT2D eigenvalue weighted by atomic mass is 35.5. The predicted octanol–water partition coefficient (Wildman–Crippen LogP) is 5.62. The van der Waals surface area contributed by atoms with Gasteiger partial charge in [-0.2, -0.15) is 0 Å². The van der Waals surface area contributed by atoms with E-state index in [1.54, 1.807) is 0 Å². The molecule has 0 aliphatic rings.